The highest BCUT2D eigenvalue weighted by Gasteiger charge is 2.59. The SMILES string of the molecule is CC1(C)O[C@@H]2O[C@@H]([C@@H]3COC(C)(C)O3)[C@H](OC(=O)CCCNC(=O)OCc3ccccc3)[C@H]2O1. The molecule has 34 heavy (non-hydrogen) atoms. The first kappa shape index (κ1) is 24.9. The molecule has 1 aromatic rings. The number of esters is 1. The van der Waals surface area contributed by atoms with Crippen molar-refractivity contribution < 1.29 is 42.7 Å². The van der Waals surface area contributed by atoms with Crippen molar-refractivity contribution in [2.75, 3.05) is 13.2 Å². The minimum Gasteiger partial charge on any atom is -0.456 e. The van der Waals surface area contributed by atoms with Crippen LogP contribution in [-0.4, -0.2) is 67.5 Å². The molecule has 4 rings (SSSR count). The first-order valence-electron chi connectivity index (χ1n) is 11.6. The number of amides is 1. The van der Waals surface area contributed by atoms with Crippen LogP contribution in [0.2, 0.25) is 0 Å². The van der Waals surface area contributed by atoms with Crippen LogP contribution in [0.4, 0.5) is 4.79 Å². The van der Waals surface area contributed by atoms with E-state index in [2.05, 4.69) is 5.32 Å². The van der Waals surface area contributed by atoms with E-state index in [-0.39, 0.29) is 19.6 Å². The lowest BCUT2D eigenvalue weighted by Crippen LogP contribution is -2.45. The summed E-state index contributed by atoms with van der Waals surface area (Å²) in [4.78, 5) is 24.4. The summed E-state index contributed by atoms with van der Waals surface area (Å²) in [5, 5.41) is 2.64. The number of fused-ring (bicyclic) bond motifs is 1. The minimum absolute atomic E-state index is 0.108. The Morgan fingerprint density at radius 1 is 1.03 bits per heavy atom. The lowest BCUT2D eigenvalue weighted by atomic mass is 10.1. The fourth-order valence-corrected chi connectivity index (χ4v) is 4.22. The monoisotopic (exact) mass is 479 g/mol. The molecular weight excluding hydrogens is 446 g/mol. The van der Waals surface area contributed by atoms with E-state index in [1.807, 2.05) is 44.2 Å². The van der Waals surface area contributed by atoms with E-state index in [1.165, 1.54) is 0 Å². The molecule has 1 amide bonds. The summed E-state index contributed by atoms with van der Waals surface area (Å²) < 4.78 is 40.3. The van der Waals surface area contributed by atoms with E-state index in [0.717, 1.165) is 5.56 Å². The van der Waals surface area contributed by atoms with Gasteiger partial charge in [-0.1, -0.05) is 30.3 Å². The molecular formula is C24H33NO9. The predicted molar refractivity (Wildman–Crippen MR) is 117 cm³/mol. The summed E-state index contributed by atoms with van der Waals surface area (Å²) in [6.45, 7) is 7.97. The van der Waals surface area contributed by atoms with Gasteiger partial charge in [-0.05, 0) is 39.7 Å². The van der Waals surface area contributed by atoms with Crippen LogP contribution >= 0.6 is 0 Å². The van der Waals surface area contributed by atoms with Gasteiger partial charge in [0.05, 0.1) is 6.61 Å². The van der Waals surface area contributed by atoms with Gasteiger partial charge in [0.2, 0.25) is 0 Å². The Kier molecular flexibility index (Phi) is 7.44. The van der Waals surface area contributed by atoms with Gasteiger partial charge in [0, 0.05) is 13.0 Å². The van der Waals surface area contributed by atoms with Gasteiger partial charge in [-0.2, -0.15) is 0 Å². The molecule has 0 bridgehead atoms. The highest BCUT2D eigenvalue weighted by Crippen LogP contribution is 2.42. The second kappa shape index (κ2) is 10.2. The molecule has 0 saturated carbocycles. The van der Waals surface area contributed by atoms with E-state index >= 15 is 0 Å². The van der Waals surface area contributed by atoms with Crippen molar-refractivity contribution in [1.29, 1.82) is 0 Å². The van der Waals surface area contributed by atoms with Gasteiger partial charge in [-0.25, -0.2) is 4.79 Å². The van der Waals surface area contributed by atoms with Crippen LogP contribution in [-0.2, 0) is 44.6 Å². The van der Waals surface area contributed by atoms with Crippen molar-refractivity contribution >= 4 is 12.1 Å². The first-order chi connectivity index (χ1) is 16.1. The zero-order valence-electron chi connectivity index (χ0n) is 20.0. The summed E-state index contributed by atoms with van der Waals surface area (Å²) in [6.07, 6.45) is -2.97. The number of hydrogen-bond donors (Lipinski definition) is 1. The van der Waals surface area contributed by atoms with Crippen LogP contribution < -0.4 is 5.32 Å². The van der Waals surface area contributed by atoms with Crippen molar-refractivity contribution in [3.05, 3.63) is 35.9 Å². The van der Waals surface area contributed by atoms with E-state index < -0.39 is 54.3 Å². The Bertz CT molecular complexity index is 859. The summed E-state index contributed by atoms with van der Waals surface area (Å²) in [7, 11) is 0. The number of carbonyl (C=O) groups is 2. The quantitative estimate of drug-likeness (QED) is 0.444. The molecule has 3 heterocycles. The maximum atomic E-state index is 12.6. The molecule has 0 unspecified atom stereocenters. The lowest BCUT2D eigenvalue weighted by molar-refractivity contribution is -0.235. The van der Waals surface area contributed by atoms with Gasteiger partial charge in [-0.15, -0.1) is 0 Å². The number of hydrogen-bond acceptors (Lipinski definition) is 9. The van der Waals surface area contributed by atoms with Crippen molar-refractivity contribution in [2.24, 2.45) is 0 Å². The lowest BCUT2D eigenvalue weighted by Gasteiger charge is -2.28. The summed E-state index contributed by atoms with van der Waals surface area (Å²) in [6, 6.07) is 9.39. The van der Waals surface area contributed by atoms with Crippen LogP contribution in [0.15, 0.2) is 30.3 Å². The molecule has 3 fully saturated rings. The fourth-order valence-electron chi connectivity index (χ4n) is 4.22. The zero-order chi connectivity index (χ0) is 24.3. The molecule has 10 heteroatoms. The van der Waals surface area contributed by atoms with Crippen LogP contribution in [0.5, 0.6) is 0 Å². The molecule has 3 saturated heterocycles. The van der Waals surface area contributed by atoms with Gasteiger partial charge in [-0.3, -0.25) is 4.79 Å². The molecule has 0 spiro atoms. The number of benzene rings is 1. The van der Waals surface area contributed by atoms with Gasteiger partial charge in [0.15, 0.2) is 30.1 Å². The van der Waals surface area contributed by atoms with Crippen LogP contribution in [0, 0.1) is 0 Å². The van der Waals surface area contributed by atoms with Crippen molar-refractivity contribution in [1.82, 2.24) is 5.32 Å². The molecule has 3 aliphatic rings. The maximum Gasteiger partial charge on any atom is 0.407 e. The Morgan fingerprint density at radius 2 is 1.79 bits per heavy atom. The molecule has 10 nitrogen and oxygen atoms in total. The average molecular weight is 480 g/mol. The average Bonchev–Trinajstić information content (AvgIpc) is 3.40. The molecule has 0 aliphatic carbocycles. The molecule has 188 valence electrons. The third-order valence-corrected chi connectivity index (χ3v) is 5.73. The van der Waals surface area contributed by atoms with Crippen LogP contribution in [0.25, 0.3) is 0 Å². The van der Waals surface area contributed by atoms with Gasteiger partial charge in [0.1, 0.15) is 18.8 Å². The smallest absolute Gasteiger partial charge is 0.407 e. The topological polar surface area (TPSA) is 111 Å². The minimum atomic E-state index is -0.846. The molecule has 0 aromatic heterocycles. The highest BCUT2D eigenvalue weighted by molar-refractivity contribution is 5.70. The summed E-state index contributed by atoms with van der Waals surface area (Å²) in [5.41, 5.74) is 0.897. The fraction of sp³-hybridized carbons (Fsp3) is 0.667. The zero-order valence-corrected chi connectivity index (χ0v) is 20.0. The Balaban J connectivity index is 1.23. The number of carbonyl (C=O) groups excluding carboxylic acids is 2. The molecule has 1 aromatic carbocycles. The number of rotatable bonds is 8. The van der Waals surface area contributed by atoms with Crippen molar-refractivity contribution in [3.8, 4) is 0 Å². The Hall–Kier alpha value is -2.24. The Labute approximate surface area is 199 Å². The standard InChI is InChI=1S/C24H33NO9/c1-23(2)29-14-16(32-23)18-19(20-21(31-18)34-24(3,4)33-20)30-17(26)11-8-12-25-22(27)28-13-15-9-6-5-7-10-15/h5-7,9-10,16,18-21H,8,11-14H2,1-4H3,(H,25,27)/t16-,18-,19-,20+,21-/m0/s1. The molecule has 3 aliphatic heterocycles. The Morgan fingerprint density at radius 3 is 2.50 bits per heavy atom. The summed E-state index contributed by atoms with van der Waals surface area (Å²) in [5.74, 6) is -2.02. The van der Waals surface area contributed by atoms with Crippen LogP contribution in [0.3, 0.4) is 0 Å². The molecule has 0 radical (unpaired) electrons. The van der Waals surface area contributed by atoms with Crippen molar-refractivity contribution in [2.45, 2.75) is 89.4 Å². The maximum absolute atomic E-state index is 12.6. The highest BCUT2D eigenvalue weighted by atomic mass is 16.8. The van der Waals surface area contributed by atoms with Crippen LogP contribution in [0.1, 0.15) is 46.1 Å². The van der Waals surface area contributed by atoms with Gasteiger partial charge < -0.3 is 38.5 Å². The first-order valence-corrected chi connectivity index (χ1v) is 11.6. The molecule has 1 N–H and O–H groups in total. The summed E-state index contributed by atoms with van der Waals surface area (Å²) >= 11 is 0. The third-order valence-electron chi connectivity index (χ3n) is 5.73. The predicted octanol–water partition coefficient (Wildman–Crippen LogP) is 2.63. The van der Waals surface area contributed by atoms with Gasteiger partial charge in [0.25, 0.3) is 0 Å². The van der Waals surface area contributed by atoms with Crippen molar-refractivity contribution in [3.63, 3.8) is 0 Å². The van der Waals surface area contributed by atoms with E-state index in [1.54, 1.807) is 13.8 Å². The number of alkyl carbamates (subject to hydrolysis) is 1. The molecule has 5 atom stereocenters. The van der Waals surface area contributed by atoms with Gasteiger partial charge >= 0.3 is 12.1 Å². The third kappa shape index (κ3) is 6.25. The normalized spacial score (nSPS) is 31.1. The van der Waals surface area contributed by atoms with E-state index in [0.29, 0.717) is 13.0 Å². The second-order valence-electron chi connectivity index (χ2n) is 9.48. The second-order valence-corrected chi connectivity index (χ2v) is 9.48. The number of ether oxygens (including phenoxy) is 7. The largest absolute Gasteiger partial charge is 0.456 e. The van der Waals surface area contributed by atoms with E-state index in [4.69, 9.17) is 33.2 Å². The number of nitrogens with one attached hydrogen (secondary N) is 1. The van der Waals surface area contributed by atoms with E-state index in [9.17, 15) is 9.59 Å².